The summed E-state index contributed by atoms with van der Waals surface area (Å²) in [5, 5.41) is 0. The number of hydrogen-bond acceptors (Lipinski definition) is 3. The van der Waals surface area contributed by atoms with Crippen molar-refractivity contribution in [1.29, 1.82) is 0 Å². The van der Waals surface area contributed by atoms with Crippen molar-refractivity contribution in [2.45, 2.75) is 33.6 Å². The molecular weight excluding hydrogens is 180 g/mol. The summed E-state index contributed by atoms with van der Waals surface area (Å²) < 4.78 is 9.93. The topological polar surface area (TPSA) is 35.5 Å². The van der Waals surface area contributed by atoms with E-state index in [1.54, 1.807) is 0 Å². The predicted octanol–water partition coefficient (Wildman–Crippen LogP) is 2.00. The number of methoxy groups -OCH3 is 1. The van der Waals surface area contributed by atoms with Gasteiger partial charge in [0.05, 0.1) is 20.3 Å². The van der Waals surface area contributed by atoms with Crippen molar-refractivity contribution in [2.24, 2.45) is 10.8 Å². The molecule has 3 nitrogen and oxygen atoms in total. The van der Waals surface area contributed by atoms with Crippen molar-refractivity contribution in [2.75, 3.05) is 20.3 Å². The zero-order chi connectivity index (χ0) is 10.8. The van der Waals surface area contributed by atoms with Crippen LogP contribution in [0.2, 0.25) is 0 Å². The second-order valence-corrected chi connectivity index (χ2v) is 5.10. The largest absolute Gasteiger partial charge is 0.469 e. The van der Waals surface area contributed by atoms with E-state index in [9.17, 15) is 4.79 Å². The normalized spacial score (nSPS) is 20.0. The minimum absolute atomic E-state index is 0.125. The van der Waals surface area contributed by atoms with Crippen LogP contribution in [0.4, 0.5) is 0 Å². The maximum Gasteiger partial charge on any atom is 0.305 e. The molecular formula is C11H20O3. The van der Waals surface area contributed by atoms with Gasteiger partial charge in [0.2, 0.25) is 0 Å². The van der Waals surface area contributed by atoms with Gasteiger partial charge in [0.25, 0.3) is 0 Å². The summed E-state index contributed by atoms with van der Waals surface area (Å²) in [6.07, 6.45) is 1.36. The minimum atomic E-state index is -0.125. The van der Waals surface area contributed by atoms with E-state index < -0.39 is 0 Å². The first-order valence-corrected chi connectivity index (χ1v) is 5.06. The lowest BCUT2D eigenvalue weighted by molar-refractivity contribution is -0.178. The second kappa shape index (κ2) is 3.89. The molecule has 14 heavy (non-hydrogen) atoms. The van der Waals surface area contributed by atoms with Crippen LogP contribution in [0.25, 0.3) is 0 Å². The first kappa shape index (κ1) is 11.5. The lowest BCUT2D eigenvalue weighted by Gasteiger charge is -2.51. The highest BCUT2D eigenvalue weighted by molar-refractivity contribution is 5.69. The number of rotatable bonds is 3. The van der Waals surface area contributed by atoms with Crippen LogP contribution in [0.3, 0.4) is 0 Å². The van der Waals surface area contributed by atoms with Gasteiger partial charge in [0.15, 0.2) is 0 Å². The van der Waals surface area contributed by atoms with Crippen LogP contribution in [0.5, 0.6) is 0 Å². The van der Waals surface area contributed by atoms with Crippen LogP contribution in [0, 0.1) is 10.8 Å². The fraction of sp³-hybridized carbons (Fsp3) is 0.909. The van der Waals surface area contributed by atoms with E-state index in [0.29, 0.717) is 6.42 Å². The number of ether oxygens (including phenoxy) is 2. The van der Waals surface area contributed by atoms with E-state index in [2.05, 4.69) is 25.5 Å². The van der Waals surface area contributed by atoms with Gasteiger partial charge in [-0.3, -0.25) is 4.79 Å². The molecule has 1 aliphatic heterocycles. The molecule has 1 saturated heterocycles. The Labute approximate surface area is 85.8 Å². The van der Waals surface area contributed by atoms with Crippen LogP contribution in [-0.2, 0) is 14.3 Å². The Morgan fingerprint density at radius 3 is 2.29 bits per heavy atom. The Kier molecular flexibility index (Phi) is 3.20. The Bertz CT molecular complexity index is 211. The van der Waals surface area contributed by atoms with Gasteiger partial charge in [-0.1, -0.05) is 20.8 Å². The molecule has 1 fully saturated rings. The third-order valence-electron chi connectivity index (χ3n) is 3.38. The molecule has 0 radical (unpaired) electrons. The maximum absolute atomic E-state index is 11.1. The molecule has 0 bridgehead atoms. The van der Waals surface area contributed by atoms with Gasteiger partial charge in [-0.25, -0.2) is 0 Å². The number of carbonyl (C=O) groups is 1. The van der Waals surface area contributed by atoms with Gasteiger partial charge in [-0.15, -0.1) is 0 Å². The quantitative estimate of drug-likeness (QED) is 0.654. The van der Waals surface area contributed by atoms with E-state index in [-0.39, 0.29) is 16.8 Å². The lowest BCUT2D eigenvalue weighted by Crippen LogP contribution is -2.52. The molecule has 0 spiro atoms. The zero-order valence-corrected chi connectivity index (χ0v) is 9.55. The van der Waals surface area contributed by atoms with Gasteiger partial charge >= 0.3 is 5.97 Å². The van der Waals surface area contributed by atoms with Crippen molar-refractivity contribution < 1.29 is 14.3 Å². The summed E-state index contributed by atoms with van der Waals surface area (Å²) in [6.45, 7) is 8.15. The molecule has 0 atom stereocenters. The van der Waals surface area contributed by atoms with E-state index in [4.69, 9.17) is 4.74 Å². The molecule has 0 aromatic carbocycles. The van der Waals surface area contributed by atoms with Crippen molar-refractivity contribution in [1.82, 2.24) is 0 Å². The Morgan fingerprint density at radius 2 is 2.00 bits per heavy atom. The highest BCUT2D eigenvalue weighted by atomic mass is 16.5. The van der Waals surface area contributed by atoms with E-state index in [1.807, 2.05) is 0 Å². The van der Waals surface area contributed by atoms with E-state index in [0.717, 1.165) is 19.6 Å². The Morgan fingerprint density at radius 1 is 1.43 bits per heavy atom. The number of carbonyl (C=O) groups excluding carboxylic acids is 1. The number of esters is 1. The van der Waals surface area contributed by atoms with Gasteiger partial charge in [0.1, 0.15) is 0 Å². The monoisotopic (exact) mass is 200 g/mol. The molecule has 0 amide bonds. The first-order chi connectivity index (χ1) is 6.41. The van der Waals surface area contributed by atoms with Crippen LogP contribution in [-0.4, -0.2) is 26.3 Å². The standard InChI is InChI=1S/C11H20O3/c1-10(2,3)11(7-14-8-11)6-5-9(12)13-4/h5-8H2,1-4H3. The van der Waals surface area contributed by atoms with Crippen molar-refractivity contribution >= 4 is 5.97 Å². The summed E-state index contributed by atoms with van der Waals surface area (Å²) in [4.78, 5) is 11.1. The van der Waals surface area contributed by atoms with Gasteiger partial charge < -0.3 is 9.47 Å². The maximum atomic E-state index is 11.1. The predicted molar refractivity (Wildman–Crippen MR) is 54.0 cm³/mol. The Hall–Kier alpha value is -0.570. The Balaban J connectivity index is 2.51. The van der Waals surface area contributed by atoms with Crippen molar-refractivity contribution in [3.05, 3.63) is 0 Å². The molecule has 0 aromatic rings. The third kappa shape index (κ3) is 2.08. The average molecular weight is 200 g/mol. The highest BCUT2D eigenvalue weighted by Crippen LogP contribution is 2.48. The van der Waals surface area contributed by atoms with Crippen LogP contribution in [0.15, 0.2) is 0 Å². The fourth-order valence-electron chi connectivity index (χ4n) is 1.74. The minimum Gasteiger partial charge on any atom is -0.469 e. The van der Waals surface area contributed by atoms with Gasteiger partial charge in [0, 0.05) is 11.8 Å². The SMILES string of the molecule is COC(=O)CCC1(C(C)(C)C)COC1. The molecule has 0 N–H and O–H groups in total. The van der Waals surface area contributed by atoms with Crippen molar-refractivity contribution in [3.8, 4) is 0 Å². The highest BCUT2D eigenvalue weighted by Gasteiger charge is 2.47. The molecule has 0 saturated carbocycles. The summed E-state index contributed by atoms with van der Waals surface area (Å²) in [5.41, 5.74) is 0.362. The zero-order valence-electron chi connectivity index (χ0n) is 9.55. The summed E-state index contributed by atoms with van der Waals surface area (Å²) in [7, 11) is 1.43. The summed E-state index contributed by atoms with van der Waals surface area (Å²) in [5.74, 6) is -0.125. The first-order valence-electron chi connectivity index (χ1n) is 5.06. The van der Waals surface area contributed by atoms with E-state index >= 15 is 0 Å². The molecule has 3 heteroatoms. The molecule has 1 heterocycles. The van der Waals surface area contributed by atoms with Crippen LogP contribution < -0.4 is 0 Å². The molecule has 82 valence electrons. The van der Waals surface area contributed by atoms with E-state index in [1.165, 1.54) is 7.11 Å². The molecule has 1 rings (SSSR count). The fourth-order valence-corrected chi connectivity index (χ4v) is 1.74. The molecule has 0 aliphatic carbocycles. The summed E-state index contributed by atoms with van der Waals surface area (Å²) in [6, 6.07) is 0. The smallest absolute Gasteiger partial charge is 0.305 e. The lowest BCUT2D eigenvalue weighted by atomic mass is 9.63. The van der Waals surface area contributed by atoms with Crippen LogP contribution >= 0.6 is 0 Å². The number of hydrogen-bond donors (Lipinski definition) is 0. The third-order valence-corrected chi connectivity index (χ3v) is 3.38. The molecule has 0 unspecified atom stereocenters. The average Bonchev–Trinajstić information content (AvgIpc) is 1.99. The summed E-state index contributed by atoms with van der Waals surface area (Å²) >= 11 is 0. The van der Waals surface area contributed by atoms with Gasteiger partial charge in [-0.2, -0.15) is 0 Å². The second-order valence-electron chi connectivity index (χ2n) is 5.10. The van der Waals surface area contributed by atoms with Crippen LogP contribution in [0.1, 0.15) is 33.6 Å². The molecule has 1 aliphatic rings. The van der Waals surface area contributed by atoms with Crippen molar-refractivity contribution in [3.63, 3.8) is 0 Å². The van der Waals surface area contributed by atoms with Gasteiger partial charge in [-0.05, 0) is 11.8 Å². The molecule has 0 aromatic heterocycles.